The third-order valence-corrected chi connectivity index (χ3v) is 2.34. The van der Waals surface area contributed by atoms with Crippen LogP contribution in [0, 0.1) is 6.92 Å². The molecule has 1 unspecified atom stereocenters. The highest BCUT2D eigenvalue weighted by Gasteiger charge is 2.30. The number of carbonyl (C=O) groups is 1. The molecule has 12 heavy (non-hydrogen) atoms. The maximum Gasteiger partial charge on any atom is 0.314 e. The quantitative estimate of drug-likeness (QED) is 0.670. The maximum absolute atomic E-state index is 10.7. The van der Waals surface area contributed by atoms with Crippen LogP contribution in [0.1, 0.15) is 23.9 Å². The molecule has 0 aliphatic carbocycles. The molecule has 1 aliphatic rings. The van der Waals surface area contributed by atoms with Gasteiger partial charge in [0, 0.05) is 18.4 Å². The summed E-state index contributed by atoms with van der Waals surface area (Å²) >= 11 is 0. The molecule has 4 nitrogen and oxygen atoms in total. The number of imidazole rings is 1. The second kappa shape index (κ2) is 2.33. The first kappa shape index (κ1) is 7.34. The van der Waals surface area contributed by atoms with E-state index in [1.165, 1.54) is 0 Å². The van der Waals surface area contributed by atoms with Crippen LogP contribution in [0.4, 0.5) is 0 Å². The minimum atomic E-state index is -0.764. The van der Waals surface area contributed by atoms with Crippen molar-refractivity contribution in [1.29, 1.82) is 0 Å². The van der Waals surface area contributed by atoms with Gasteiger partial charge in [0.05, 0.1) is 0 Å². The summed E-state index contributed by atoms with van der Waals surface area (Å²) in [6.45, 7) is 2.73. The van der Waals surface area contributed by atoms with Gasteiger partial charge in [0.15, 0.2) is 0 Å². The minimum Gasteiger partial charge on any atom is -0.481 e. The highest BCUT2D eigenvalue weighted by Crippen LogP contribution is 2.27. The van der Waals surface area contributed by atoms with E-state index in [1.54, 1.807) is 6.20 Å². The first-order valence-corrected chi connectivity index (χ1v) is 3.95. The smallest absolute Gasteiger partial charge is 0.314 e. The van der Waals surface area contributed by atoms with Gasteiger partial charge >= 0.3 is 5.97 Å². The van der Waals surface area contributed by atoms with Crippen LogP contribution in [0.3, 0.4) is 0 Å². The van der Waals surface area contributed by atoms with E-state index < -0.39 is 11.9 Å². The molecule has 0 amide bonds. The molecule has 4 heteroatoms. The third-order valence-electron chi connectivity index (χ3n) is 2.34. The van der Waals surface area contributed by atoms with E-state index in [1.807, 2.05) is 11.5 Å². The summed E-state index contributed by atoms with van der Waals surface area (Å²) in [4.78, 5) is 14.8. The highest BCUT2D eigenvalue weighted by molar-refractivity contribution is 5.75. The summed E-state index contributed by atoms with van der Waals surface area (Å²) in [5.41, 5.74) is 1.05. The molecule has 2 rings (SSSR count). The predicted octanol–water partition coefficient (Wildman–Crippen LogP) is 0.763. The van der Waals surface area contributed by atoms with E-state index in [0.29, 0.717) is 12.2 Å². The van der Waals surface area contributed by atoms with Crippen LogP contribution in [0.15, 0.2) is 6.20 Å². The van der Waals surface area contributed by atoms with Crippen molar-refractivity contribution in [2.45, 2.75) is 25.8 Å². The molecule has 0 radical (unpaired) electrons. The number of carboxylic acids is 1. The Morgan fingerprint density at radius 3 is 3.25 bits per heavy atom. The van der Waals surface area contributed by atoms with Crippen molar-refractivity contribution in [2.24, 2.45) is 0 Å². The molecule has 1 atom stereocenters. The van der Waals surface area contributed by atoms with Gasteiger partial charge in [0.1, 0.15) is 11.7 Å². The Balaban J connectivity index is 2.43. The average Bonchev–Trinajstić information content (AvgIpc) is 2.53. The number of fused-ring (bicyclic) bond motifs is 1. The molecule has 64 valence electrons. The average molecular weight is 166 g/mol. The molecule has 0 bridgehead atoms. The fourth-order valence-corrected chi connectivity index (χ4v) is 1.67. The summed E-state index contributed by atoms with van der Waals surface area (Å²) < 4.78 is 1.97. The number of rotatable bonds is 1. The molecule has 0 saturated heterocycles. The largest absolute Gasteiger partial charge is 0.481 e. The number of carboxylic acid groups (broad SMARTS) is 1. The summed E-state index contributed by atoms with van der Waals surface area (Å²) in [5, 5.41) is 8.82. The standard InChI is InChI=1S/C8H10N2O2/c1-5-4-9-7-6(8(11)12)2-3-10(5)7/h4,6H,2-3H2,1H3,(H,11,12). The van der Waals surface area contributed by atoms with E-state index in [0.717, 1.165) is 12.2 Å². The van der Waals surface area contributed by atoms with E-state index >= 15 is 0 Å². The summed E-state index contributed by atoms with van der Waals surface area (Å²) in [6, 6.07) is 0. The second-order valence-electron chi connectivity index (χ2n) is 3.09. The fourth-order valence-electron chi connectivity index (χ4n) is 1.67. The van der Waals surface area contributed by atoms with Crippen LogP contribution in [-0.2, 0) is 11.3 Å². The van der Waals surface area contributed by atoms with Gasteiger partial charge < -0.3 is 9.67 Å². The molecule has 1 aromatic rings. The third kappa shape index (κ3) is 0.841. The summed E-state index contributed by atoms with van der Waals surface area (Å²) in [6.07, 6.45) is 2.41. The Morgan fingerprint density at radius 1 is 1.83 bits per heavy atom. The maximum atomic E-state index is 10.7. The molecule has 0 saturated carbocycles. The van der Waals surface area contributed by atoms with Crippen molar-refractivity contribution in [3.63, 3.8) is 0 Å². The highest BCUT2D eigenvalue weighted by atomic mass is 16.4. The predicted molar refractivity (Wildman–Crippen MR) is 42.0 cm³/mol. The van der Waals surface area contributed by atoms with Crippen LogP contribution in [0.2, 0.25) is 0 Å². The Morgan fingerprint density at radius 2 is 2.58 bits per heavy atom. The molecule has 0 fully saturated rings. The second-order valence-corrected chi connectivity index (χ2v) is 3.09. The molecule has 1 aliphatic heterocycles. The number of nitrogens with zero attached hydrogens (tertiary/aromatic N) is 2. The lowest BCUT2D eigenvalue weighted by Crippen LogP contribution is -2.08. The number of hydrogen-bond acceptors (Lipinski definition) is 2. The lowest BCUT2D eigenvalue weighted by Gasteiger charge is -1.99. The summed E-state index contributed by atoms with van der Waals surface area (Å²) in [5.74, 6) is -0.446. The van der Waals surface area contributed by atoms with Gasteiger partial charge in [-0.2, -0.15) is 0 Å². The molecule has 0 aromatic carbocycles. The van der Waals surface area contributed by atoms with E-state index in [2.05, 4.69) is 4.98 Å². The zero-order valence-corrected chi connectivity index (χ0v) is 6.82. The van der Waals surface area contributed by atoms with E-state index in [4.69, 9.17) is 5.11 Å². The number of hydrogen-bond donors (Lipinski definition) is 1. The number of aromatic nitrogens is 2. The topological polar surface area (TPSA) is 55.1 Å². The minimum absolute atomic E-state index is 0.390. The zero-order chi connectivity index (χ0) is 8.72. The van der Waals surface area contributed by atoms with Crippen molar-refractivity contribution in [2.75, 3.05) is 0 Å². The van der Waals surface area contributed by atoms with Crippen molar-refractivity contribution >= 4 is 5.97 Å². The van der Waals surface area contributed by atoms with Crippen molar-refractivity contribution in [1.82, 2.24) is 9.55 Å². The lowest BCUT2D eigenvalue weighted by atomic mass is 10.1. The molecular formula is C8H10N2O2. The van der Waals surface area contributed by atoms with Gasteiger partial charge in [-0.25, -0.2) is 4.98 Å². The van der Waals surface area contributed by atoms with Crippen molar-refractivity contribution in [3.8, 4) is 0 Å². The van der Waals surface area contributed by atoms with Gasteiger partial charge in [-0.1, -0.05) is 0 Å². The lowest BCUT2D eigenvalue weighted by molar-refractivity contribution is -0.138. The first-order valence-electron chi connectivity index (χ1n) is 3.95. The fraction of sp³-hybridized carbons (Fsp3) is 0.500. The molecular weight excluding hydrogens is 156 g/mol. The Labute approximate surface area is 69.8 Å². The monoisotopic (exact) mass is 166 g/mol. The van der Waals surface area contributed by atoms with E-state index in [9.17, 15) is 4.79 Å². The normalized spacial score (nSPS) is 20.9. The summed E-state index contributed by atoms with van der Waals surface area (Å²) in [7, 11) is 0. The SMILES string of the molecule is Cc1cnc2n1CCC2C(=O)O. The zero-order valence-electron chi connectivity index (χ0n) is 6.82. The van der Waals surface area contributed by atoms with Crippen molar-refractivity contribution in [3.05, 3.63) is 17.7 Å². The van der Waals surface area contributed by atoms with Gasteiger partial charge in [-0.15, -0.1) is 0 Å². The van der Waals surface area contributed by atoms with Crippen molar-refractivity contribution < 1.29 is 9.90 Å². The van der Waals surface area contributed by atoms with Gasteiger partial charge in [0.2, 0.25) is 0 Å². The van der Waals surface area contributed by atoms with Crippen LogP contribution in [-0.4, -0.2) is 20.6 Å². The molecule has 1 N–H and O–H groups in total. The first-order chi connectivity index (χ1) is 5.70. The Bertz CT molecular complexity index is 330. The number of aryl methyl sites for hydroxylation is 1. The molecule has 0 spiro atoms. The van der Waals surface area contributed by atoms with Gasteiger partial charge in [0.25, 0.3) is 0 Å². The molecule has 1 aromatic heterocycles. The van der Waals surface area contributed by atoms with Gasteiger partial charge in [-0.05, 0) is 13.3 Å². The van der Waals surface area contributed by atoms with Crippen LogP contribution < -0.4 is 0 Å². The number of aliphatic carboxylic acids is 1. The molecule has 2 heterocycles. The van der Waals surface area contributed by atoms with Gasteiger partial charge in [-0.3, -0.25) is 4.79 Å². The van der Waals surface area contributed by atoms with Crippen LogP contribution >= 0.6 is 0 Å². The van der Waals surface area contributed by atoms with Crippen LogP contribution in [0.25, 0.3) is 0 Å². The van der Waals surface area contributed by atoms with E-state index in [-0.39, 0.29) is 0 Å². The van der Waals surface area contributed by atoms with Crippen LogP contribution in [0.5, 0.6) is 0 Å². The Hall–Kier alpha value is -1.32. The Kier molecular flexibility index (Phi) is 1.43.